The van der Waals surface area contributed by atoms with E-state index in [1.54, 1.807) is 107 Å². The van der Waals surface area contributed by atoms with E-state index in [0.29, 0.717) is 16.7 Å². The van der Waals surface area contributed by atoms with Crippen molar-refractivity contribution in [3.05, 3.63) is 95.6 Å². The Morgan fingerprint density at radius 3 is 1.93 bits per heavy atom. The van der Waals surface area contributed by atoms with Crippen LogP contribution in [0.4, 0.5) is 0 Å². The van der Waals surface area contributed by atoms with Gasteiger partial charge in [0.2, 0.25) is 0 Å². The van der Waals surface area contributed by atoms with Crippen molar-refractivity contribution >= 4 is 29.5 Å². The molecule has 6 unspecified atom stereocenters. The van der Waals surface area contributed by atoms with Gasteiger partial charge in [-0.1, -0.05) is 68.5 Å². The topological polar surface area (TPSA) is 113 Å². The van der Waals surface area contributed by atoms with Crippen molar-refractivity contribution in [1.29, 1.82) is 0 Å². The maximum Gasteiger partial charge on any atom is 0.338 e. The lowest BCUT2D eigenvalue weighted by Gasteiger charge is -2.36. The number of fused-ring (bicyclic) bond motifs is 1. The summed E-state index contributed by atoms with van der Waals surface area (Å²) in [5, 5.41) is 0. The fraction of sp³-hybridized carbons (Fsp3) is 0.417. The maximum atomic E-state index is 14.3. The van der Waals surface area contributed by atoms with E-state index in [9.17, 15) is 24.0 Å². The molecule has 1 fully saturated rings. The van der Waals surface area contributed by atoms with Crippen molar-refractivity contribution in [2.75, 3.05) is 0 Å². The molecular formula is C36H40O8. The largest absolute Gasteiger partial charge is 0.458 e. The monoisotopic (exact) mass is 600 g/mol. The third kappa shape index (κ3) is 6.90. The van der Waals surface area contributed by atoms with Gasteiger partial charge in [0.05, 0.1) is 17.0 Å². The SMILES string of the molecule is CC(=O)OC12CC(C)C(OC(=O)c3ccccc3)C1/C=C(/C)C(OC(=O)c1ccccc1)CC(=O)C(C)(C)C=CC(C)C2=O. The molecular weight excluding hydrogens is 560 g/mol. The van der Waals surface area contributed by atoms with E-state index < -0.39 is 53.0 Å². The molecule has 6 atom stereocenters. The molecule has 8 nitrogen and oxygen atoms in total. The molecule has 0 spiro atoms. The zero-order valence-electron chi connectivity index (χ0n) is 26.1. The van der Waals surface area contributed by atoms with Crippen molar-refractivity contribution in [3.63, 3.8) is 0 Å². The Kier molecular flexibility index (Phi) is 9.72. The van der Waals surface area contributed by atoms with Gasteiger partial charge in [-0.3, -0.25) is 14.4 Å². The summed E-state index contributed by atoms with van der Waals surface area (Å²) in [5.74, 6) is -4.43. The maximum absolute atomic E-state index is 14.3. The summed E-state index contributed by atoms with van der Waals surface area (Å²) >= 11 is 0. The van der Waals surface area contributed by atoms with Crippen LogP contribution >= 0.6 is 0 Å². The molecule has 2 aliphatic carbocycles. The molecule has 2 aliphatic rings. The lowest BCUT2D eigenvalue weighted by atomic mass is 9.76. The summed E-state index contributed by atoms with van der Waals surface area (Å²) in [6, 6.07) is 16.9. The number of ether oxygens (including phenoxy) is 3. The van der Waals surface area contributed by atoms with Crippen LogP contribution in [-0.2, 0) is 28.6 Å². The van der Waals surface area contributed by atoms with Crippen LogP contribution < -0.4 is 0 Å². The van der Waals surface area contributed by atoms with Gasteiger partial charge < -0.3 is 14.2 Å². The Labute approximate surface area is 258 Å². The zero-order chi connectivity index (χ0) is 32.2. The van der Waals surface area contributed by atoms with Gasteiger partial charge in [-0.05, 0) is 56.5 Å². The predicted octanol–water partition coefficient (Wildman–Crippen LogP) is 6.10. The molecule has 44 heavy (non-hydrogen) atoms. The lowest BCUT2D eigenvalue weighted by molar-refractivity contribution is -0.171. The number of carbonyl (C=O) groups excluding carboxylic acids is 5. The Balaban J connectivity index is 1.86. The van der Waals surface area contributed by atoms with Crippen LogP contribution in [-0.4, -0.2) is 47.3 Å². The average molecular weight is 601 g/mol. The Morgan fingerprint density at radius 1 is 0.841 bits per heavy atom. The second-order valence-electron chi connectivity index (χ2n) is 12.5. The quantitative estimate of drug-likeness (QED) is 0.230. The number of benzene rings is 2. The van der Waals surface area contributed by atoms with Crippen molar-refractivity contribution in [1.82, 2.24) is 0 Å². The Bertz CT molecular complexity index is 1470. The summed E-state index contributed by atoms with van der Waals surface area (Å²) in [6.07, 6.45) is 3.15. The highest BCUT2D eigenvalue weighted by Crippen LogP contribution is 2.48. The van der Waals surface area contributed by atoms with Gasteiger partial charge in [0.25, 0.3) is 0 Å². The van der Waals surface area contributed by atoms with Gasteiger partial charge in [0, 0.05) is 31.1 Å². The summed E-state index contributed by atoms with van der Waals surface area (Å²) in [4.78, 5) is 66.9. The molecule has 2 aromatic carbocycles. The van der Waals surface area contributed by atoms with Gasteiger partial charge in [-0.25, -0.2) is 9.59 Å². The fourth-order valence-electron chi connectivity index (χ4n) is 6.06. The van der Waals surface area contributed by atoms with Gasteiger partial charge in [0.15, 0.2) is 11.4 Å². The lowest BCUT2D eigenvalue weighted by Crippen LogP contribution is -2.50. The van der Waals surface area contributed by atoms with Crippen LogP contribution in [0.2, 0.25) is 0 Å². The van der Waals surface area contributed by atoms with Crippen molar-refractivity contribution < 1.29 is 38.2 Å². The molecule has 0 saturated heterocycles. The first-order valence-electron chi connectivity index (χ1n) is 14.9. The van der Waals surface area contributed by atoms with Gasteiger partial charge in [-0.15, -0.1) is 0 Å². The van der Waals surface area contributed by atoms with Gasteiger partial charge in [0.1, 0.15) is 18.0 Å². The highest BCUT2D eigenvalue weighted by molar-refractivity contribution is 5.95. The second kappa shape index (κ2) is 13.1. The summed E-state index contributed by atoms with van der Waals surface area (Å²) in [6.45, 7) is 9.97. The van der Waals surface area contributed by atoms with E-state index in [1.807, 2.05) is 6.92 Å². The number of esters is 3. The molecule has 0 amide bonds. The van der Waals surface area contributed by atoms with Crippen molar-refractivity contribution in [2.24, 2.45) is 23.2 Å². The van der Waals surface area contributed by atoms with Gasteiger partial charge in [-0.2, -0.15) is 0 Å². The zero-order valence-corrected chi connectivity index (χ0v) is 26.1. The number of hydrogen-bond acceptors (Lipinski definition) is 8. The molecule has 8 heteroatoms. The van der Waals surface area contributed by atoms with Gasteiger partial charge >= 0.3 is 17.9 Å². The van der Waals surface area contributed by atoms with Crippen molar-refractivity contribution in [2.45, 2.75) is 72.2 Å². The Hall–Kier alpha value is -4.33. The fourth-order valence-corrected chi connectivity index (χ4v) is 6.06. The smallest absolute Gasteiger partial charge is 0.338 e. The van der Waals surface area contributed by atoms with Crippen LogP contribution in [0.1, 0.15) is 75.1 Å². The molecule has 1 saturated carbocycles. The molecule has 0 bridgehead atoms. The van der Waals surface area contributed by atoms with E-state index in [4.69, 9.17) is 14.2 Å². The number of hydrogen-bond donors (Lipinski definition) is 0. The average Bonchev–Trinajstić information content (AvgIpc) is 3.24. The highest BCUT2D eigenvalue weighted by Gasteiger charge is 2.60. The first kappa shape index (κ1) is 32.6. The second-order valence-corrected chi connectivity index (χ2v) is 12.5. The van der Waals surface area contributed by atoms with Crippen LogP contribution in [0.3, 0.4) is 0 Å². The number of carbonyl (C=O) groups is 5. The predicted molar refractivity (Wildman–Crippen MR) is 164 cm³/mol. The number of ketones is 2. The van der Waals surface area contributed by atoms with E-state index in [0.717, 1.165) is 0 Å². The summed E-state index contributed by atoms with van der Waals surface area (Å²) < 4.78 is 17.9. The number of Topliss-reactive ketones (excluding diaryl/α,β-unsaturated/α-hetero) is 2. The molecule has 0 aliphatic heterocycles. The van der Waals surface area contributed by atoms with E-state index >= 15 is 0 Å². The van der Waals surface area contributed by atoms with Crippen LogP contribution in [0.5, 0.6) is 0 Å². The standard InChI is InChI=1S/C36H40O8/c1-22-17-18-35(5,6)30(38)20-29(42-33(40)26-13-9-7-10-14-26)23(2)19-28-31(43-34(41)27-15-11-8-12-16-27)24(3)21-36(28,32(22)39)44-25(4)37/h7-19,22,24,28-29,31H,20-21H2,1-6H3/b18-17?,23-19-. The van der Waals surface area contributed by atoms with Crippen LogP contribution in [0.15, 0.2) is 84.5 Å². The first-order chi connectivity index (χ1) is 20.7. The summed E-state index contributed by atoms with van der Waals surface area (Å²) in [5.41, 5.74) is -1.51. The van der Waals surface area contributed by atoms with Crippen molar-refractivity contribution in [3.8, 4) is 0 Å². The molecule has 4 rings (SSSR count). The summed E-state index contributed by atoms with van der Waals surface area (Å²) in [7, 11) is 0. The molecule has 0 heterocycles. The van der Waals surface area contributed by atoms with E-state index in [1.165, 1.54) is 6.92 Å². The third-order valence-corrected chi connectivity index (χ3v) is 8.59. The van der Waals surface area contributed by atoms with Crippen LogP contribution in [0.25, 0.3) is 0 Å². The highest BCUT2D eigenvalue weighted by atomic mass is 16.6. The molecule has 0 N–H and O–H groups in total. The molecule has 232 valence electrons. The van der Waals surface area contributed by atoms with E-state index in [-0.39, 0.29) is 30.3 Å². The Morgan fingerprint density at radius 2 is 1.39 bits per heavy atom. The molecule has 0 aromatic heterocycles. The van der Waals surface area contributed by atoms with Crippen LogP contribution in [0, 0.1) is 23.2 Å². The normalized spacial score (nSPS) is 29.7. The van der Waals surface area contributed by atoms with E-state index in [2.05, 4.69) is 0 Å². The minimum atomic E-state index is -1.67. The number of rotatable bonds is 5. The minimum absolute atomic E-state index is 0.113. The first-order valence-corrected chi connectivity index (χ1v) is 14.9. The minimum Gasteiger partial charge on any atom is -0.458 e. The molecule has 2 aromatic rings. The third-order valence-electron chi connectivity index (χ3n) is 8.59. The number of allylic oxidation sites excluding steroid dienone is 2. The molecule has 0 radical (unpaired) electrons.